The van der Waals surface area contributed by atoms with E-state index >= 15 is 0 Å². The van der Waals surface area contributed by atoms with E-state index in [1.807, 2.05) is 5.38 Å². The first kappa shape index (κ1) is 18.5. The summed E-state index contributed by atoms with van der Waals surface area (Å²) in [4.78, 5) is 37.0. The lowest BCUT2D eigenvalue weighted by atomic mass is 9.49. The van der Waals surface area contributed by atoms with Gasteiger partial charge in [-0.15, -0.1) is 11.3 Å². The number of rotatable bonds is 6. The lowest BCUT2D eigenvalue weighted by Gasteiger charge is -2.55. The van der Waals surface area contributed by atoms with Gasteiger partial charge in [-0.05, 0) is 74.1 Å². The molecule has 27 heavy (non-hydrogen) atoms. The molecule has 4 bridgehead atoms. The standard InChI is InChI=1S/C20H27N3O3S/c24-17(22-23-18(25)16-3-2-6-27-16)4-1-5-21-19(26)20-10-13-7-14(11-20)9-15(8-13)12-20/h2-3,6,13-15H,1,4-5,7-12H2,(H,21,26)(H,22,24)(H,23,25). The Morgan fingerprint density at radius 2 is 1.70 bits per heavy atom. The molecule has 0 aromatic carbocycles. The minimum Gasteiger partial charge on any atom is -0.356 e. The maximum atomic E-state index is 12.8. The Morgan fingerprint density at radius 3 is 2.30 bits per heavy atom. The van der Waals surface area contributed by atoms with E-state index in [0.29, 0.717) is 17.8 Å². The molecule has 0 saturated heterocycles. The van der Waals surface area contributed by atoms with Crippen LogP contribution in [0.15, 0.2) is 17.5 Å². The van der Waals surface area contributed by atoms with Gasteiger partial charge < -0.3 is 5.32 Å². The van der Waals surface area contributed by atoms with Crippen LogP contribution in [0.1, 0.15) is 61.0 Å². The summed E-state index contributed by atoms with van der Waals surface area (Å²) in [5.41, 5.74) is 4.70. The summed E-state index contributed by atoms with van der Waals surface area (Å²) >= 11 is 1.32. The predicted octanol–water partition coefficient (Wildman–Crippen LogP) is 2.62. The molecule has 5 rings (SSSR count). The highest BCUT2D eigenvalue weighted by molar-refractivity contribution is 7.12. The Morgan fingerprint density at radius 1 is 1.04 bits per heavy atom. The van der Waals surface area contributed by atoms with Gasteiger partial charge in [0.15, 0.2) is 0 Å². The maximum absolute atomic E-state index is 12.8. The molecule has 3 N–H and O–H groups in total. The highest BCUT2D eigenvalue weighted by Crippen LogP contribution is 2.60. The fraction of sp³-hybridized carbons (Fsp3) is 0.650. The Balaban J connectivity index is 1.15. The quantitative estimate of drug-likeness (QED) is 0.516. The Bertz CT molecular complexity index is 681. The molecule has 1 aromatic heterocycles. The summed E-state index contributed by atoms with van der Waals surface area (Å²) in [6, 6.07) is 3.49. The monoisotopic (exact) mass is 389 g/mol. The second-order valence-corrected chi connectivity index (χ2v) is 9.48. The van der Waals surface area contributed by atoms with Crippen molar-refractivity contribution >= 4 is 29.1 Å². The minimum atomic E-state index is -0.312. The number of carbonyl (C=O) groups excluding carboxylic acids is 3. The van der Waals surface area contributed by atoms with Crippen molar-refractivity contribution < 1.29 is 14.4 Å². The smallest absolute Gasteiger partial charge is 0.279 e. The maximum Gasteiger partial charge on any atom is 0.279 e. The first-order valence-corrected chi connectivity index (χ1v) is 10.8. The van der Waals surface area contributed by atoms with Crippen LogP contribution in [0.5, 0.6) is 0 Å². The summed E-state index contributed by atoms with van der Waals surface area (Å²) in [5, 5.41) is 4.89. The summed E-state index contributed by atoms with van der Waals surface area (Å²) in [5.74, 6) is 1.89. The summed E-state index contributed by atoms with van der Waals surface area (Å²) in [6.07, 6.45) is 7.97. The van der Waals surface area contributed by atoms with Crippen LogP contribution in [0, 0.1) is 23.2 Å². The Hall–Kier alpha value is -1.89. The lowest BCUT2D eigenvalue weighted by Crippen LogP contribution is -2.53. The van der Waals surface area contributed by atoms with E-state index in [4.69, 9.17) is 0 Å². The third-order valence-corrected chi connectivity index (χ3v) is 7.32. The SMILES string of the molecule is O=C(CCCNC(=O)C12CC3CC(CC(C3)C1)C2)NNC(=O)c1cccs1. The molecule has 1 heterocycles. The first-order valence-electron chi connectivity index (χ1n) is 9.95. The van der Waals surface area contributed by atoms with Gasteiger partial charge >= 0.3 is 0 Å². The van der Waals surface area contributed by atoms with Gasteiger partial charge in [0.25, 0.3) is 5.91 Å². The van der Waals surface area contributed by atoms with Crippen LogP contribution in [0.4, 0.5) is 0 Å². The highest BCUT2D eigenvalue weighted by atomic mass is 32.1. The van der Waals surface area contributed by atoms with Gasteiger partial charge in [0.1, 0.15) is 0 Å². The molecule has 4 aliphatic rings. The van der Waals surface area contributed by atoms with Crippen LogP contribution in [-0.2, 0) is 9.59 Å². The number of hydrogen-bond donors (Lipinski definition) is 3. The van der Waals surface area contributed by atoms with Gasteiger partial charge in [-0.3, -0.25) is 25.2 Å². The molecule has 0 atom stereocenters. The second-order valence-electron chi connectivity index (χ2n) is 8.54. The van der Waals surface area contributed by atoms with Crippen LogP contribution in [0.2, 0.25) is 0 Å². The lowest BCUT2D eigenvalue weighted by molar-refractivity contribution is -0.146. The molecular formula is C20H27N3O3S. The van der Waals surface area contributed by atoms with Crippen molar-refractivity contribution in [3.05, 3.63) is 22.4 Å². The first-order chi connectivity index (χ1) is 13.0. The number of nitrogens with one attached hydrogen (secondary N) is 3. The molecule has 146 valence electrons. The van der Waals surface area contributed by atoms with E-state index in [9.17, 15) is 14.4 Å². The van der Waals surface area contributed by atoms with Crippen molar-refractivity contribution in [1.82, 2.24) is 16.2 Å². The van der Waals surface area contributed by atoms with E-state index in [1.54, 1.807) is 12.1 Å². The molecule has 0 unspecified atom stereocenters. The van der Waals surface area contributed by atoms with Crippen molar-refractivity contribution in [3.63, 3.8) is 0 Å². The average Bonchev–Trinajstić information content (AvgIpc) is 3.16. The highest BCUT2D eigenvalue weighted by Gasteiger charge is 2.54. The molecular weight excluding hydrogens is 362 g/mol. The number of hydrazine groups is 1. The number of amides is 3. The zero-order valence-corrected chi connectivity index (χ0v) is 16.3. The predicted molar refractivity (Wildman–Crippen MR) is 103 cm³/mol. The van der Waals surface area contributed by atoms with Crippen LogP contribution < -0.4 is 16.2 Å². The number of carbonyl (C=O) groups is 3. The minimum absolute atomic E-state index is 0.133. The summed E-state index contributed by atoms with van der Waals surface area (Å²) < 4.78 is 0. The van der Waals surface area contributed by atoms with Gasteiger partial charge in [-0.2, -0.15) is 0 Å². The van der Waals surface area contributed by atoms with E-state index in [0.717, 1.165) is 37.0 Å². The van der Waals surface area contributed by atoms with Crippen LogP contribution in [-0.4, -0.2) is 24.3 Å². The van der Waals surface area contributed by atoms with Gasteiger partial charge in [-0.25, -0.2) is 0 Å². The number of hydrogen-bond acceptors (Lipinski definition) is 4. The molecule has 4 aliphatic carbocycles. The molecule has 0 aliphatic heterocycles. The van der Waals surface area contributed by atoms with E-state index in [2.05, 4.69) is 16.2 Å². The molecule has 4 saturated carbocycles. The third kappa shape index (κ3) is 4.03. The van der Waals surface area contributed by atoms with Crippen molar-refractivity contribution in [2.75, 3.05) is 6.54 Å². The molecule has 1 aromatic rings. The van der Waals surface area contributed by atoms with Crippen molar-refractivity contribution in [3.8, 4) is 0 Å². The molecule has 6 nitrogen and oxygen atoms in total. The van der Waals surface area contributed by atoms with Gasteiger partial charge in [0, 0.05) is 18.4 Å². The Labute approximate surface area is 163 Å². The normalized spacial score (nSPS) is 30.7. The van der Waals surface area contributed by atoms with Crippen molar-refractivity contribution in [2.24, 2.45) is 23.2 Å². The fourth-order valence-corrected chi connectivity index (χ4v) is 6.30. The van der Waals surface area contributed by atoms with Crippen LogP contribution in [0.25, 0.3) is 0 Å². The van der Waals surface area contributed by atoms with E-state index in [1.165, 1.54) is 30.6 Å². The topological polar surface area (TPSA) is 87.3 Å². The van der Waals surface area contributed by atoms with Gasteiger partial charge in [0.05, 0.1) is 4.88 Å². The number of thiophene rings is 1. The molecule has 0 radical (unpaired) electrons. The average molecular weight is 390 g/mol. The fourth-order valence-electron chi connectivity index (χ4n) is 5.69. The molecule has 3 amide bonds. The van der Waals surface area contributed by atoms with E-state index < -0.39 is 0 Å². The third-order valence-electron chi connectivity index (χ3n) is 6.45. The molecule has 0 spiro atoms. The second kappa shape index (κ2) is 7.62. The van der Waals surface area contributed by atoms with Crippen LogP contribution in [0.3, 0.4) is 0 Å². The zero-order chi connectivity index (χ0) is 18.9. The zero-order valence-electron chi connectivity index (χ0n) is 15.5. The van der Waals surface area contributed by atoms with Gasteiger partial charge in [0.2, 0.25) is 11.8 Å². The molecule has 4 fully saturated rings. The molecule has 7 heteroatoms. The Kier molecular flexibility index (Phi) is 5.21. The van der Waals surface area contributed by atoms with Gasteiger partial charge in [-0.1, -0.05) is 6.07 Å². The van der Waals surface area contributed by atoms with Crippen molar-refractivity contribution in [1.29, 1.82) is 0 Å². The summed E-state index contributed by atoms with van der Waals surface area (Å²) in [7, 11) is 0. The van der Waals surface area contributed by atoms with E-state index in [-0.39, 0.29) is 29.6 Å². The van der Waals surface area contributed by atoms with Crippen molar-refractivity contribution in [2.45, 2.75) is 51.4 Å². The summed E-state index contributed by atoms with van der Waals surface area (Å²) in [6.45, 7) is 0.507. The largest absolute Gasteiger partial charge is 0.356 e. The van der Waals surface area contributed by atoms with Crippen LogP contribution >= 0.6 is 11.3 Å².